The van der Waals surface area contributed by atoms with E-state index in [2.05, 4.69) is 6.92 Å². The summed E-state index contributed by atoms with van der Waals surface area (Å²) in [5.74, 6) is 0.966. The summed E-state index contributed by atoms with van der Waals surface area (Å²) in [6.07, 6.45) is 2.24. The fraction of sp³-hybridized carbons (Fsp3) is 0.375. The Morgan fingerprint density at radius 1 is 1.17 bits per heavy atom. The van der Waals surface area contributed by atoms with Crippen molar-refractivity contribution in [3.05, 3.63) is 70.0 Å². The maximum atomic E-state index is 13.2. The van der Waals surface area contributed by atoms with E-state index in [-0.39, 0.29) is 11.5 Å². The molecule has 30 heavy (non-hydrogen) atoms. The van der Waals surface area contributed by atoms with Gasteiger partial charge in [-0.05, 0) is 43.4 Å². The monoisotopic (exact) mass is 421 g/mol. The van der Waals surface area contributed by atoms with E-state index in [4.69, 9.17) is 4.98 Å². The number of para-hydroxylation sites is 1. The molecule has 0 N–H and O–H groups in total. The number of fused-ring (bicyclic) bond motifs is 1. The molecule has 1 saturated heterocycles. The van der Waals surface area contributed by atoms with Crippen LogP contribution >= 0.6 is 11.8 Å². The van der Waals surface area contributed by atoms with Gasteiger partial charge in [0, 0.05) is 13.1 Å². The van der Waals surface area contributed by atoms with E-state index in [0.29, 0.717) is 34.3 Å². The maximum Gasteiger partial charge on any atom is 0.262 e. The number of amides is 1. The molecular weight excluding hydrogens is 394 g/mol. The summed E-state index contributed by atoms with van der Waals surface area (Å²) in [6, 6.07) is 15.6. The van der Waals surface area contributed by atoms with E-state index >= 15 is 0 Å². The number of carbonyl (C=O) groups is 1. The van der Waals surface area contributed by atoms with Crippen LogP contribution < -0.4 is 5.56 Å². The summed E-state index contributed by atoms with van der Waals surface area (Å²) in [5, 5.41) is 1.20. The fourth-order valence-electron chi connectivity index (χ4n) is 3.91. The van der Waals surface area contributed by atoms with Gasteiger partial charge in [0.15, 0.2) is 5.16 Å². The van der Waals surface area contributed by atoms with E-state index in [1.807, 2.05) is 60.4 Å². The third kappa shape index (κ3) is 4.59. The predicted molar refractivity (Wildman–Crippen MR) is 122 cm³/mol. The molecule has 1 aliphatic heterocycles. The Labute approximate surface area is 181 Å². The number of piperidine rings is 1. The van der Waals surface area contributed by atoms with Gasteiger partial charge in [-0.3, -0.25) is 14.2 Å². The van der Waals surface area contributed by atoms with Gasteiger partial charge in [0.1, 0.15) is 0 Å². The molecule has 6 heteroatoms. The molecule has 1 unspecified atom stereocenters. The molecule has 0 aliphatic carbocycles. The van der Waals surface area contributed by atoms with E-state index in [9.17, 15) is 9.59 Å². The number of aryl methyl sites for hydroxylation is 1. The molecule has 1 fully saturated rings. The summed E-state index contributed by atoms with van der Waals surface area (Å²) in [4.78, 5) is 32.7. The zero-order chi connectivity index (χ0) is 21.1. The molecule has 1 atom stereocenters. The number of benzene rings is 2. The van der Waals surface area contributed by atoms with Crippen molar-refractivity contribution in [2.24, 2.45) is 5.92 Å². The number of hydrogen-bond donors (Lipinski definition) is 0. The highest BCUT2D eigenvalue weighted by Gasteiger charge is 2.22. The Kier molecular flexibility index (Phi) is 6.23. The van der Waals surface area contributed by atoms with Crippen molar-refractivity contribution in [3.63, 3.8) is 0 Å². The van der Waals surface area contributed by atoms with Crippen LogP contribution in [0.15, 0.2) is 58.5 Å². The van der Waals surface area contributed by atoms with Gasteiger partial charge < -0.3 is 4.90 Å². The number of likely N-dealkylation sites (tertiary alicyclic amines) is 1. The van der Waals surface area contributed by atoms with Gasteiger partial charge >= 0.3 is 0 Å². The van der Waals surface area contributed by atoms with Gasteiger partial charge in [0.25, 0.3) is 5.56 Å². The van der Waals surface area contributed by atoms with Crippen molar-refractivity contribution < 1.29 is 4.79 Å². The lowest BCUT2D eigenvalue weighted by molar-refractivity contribution is -0.130. The summed E-state index contributed by atoms with van der Waals surface area (Å²) in [6.45, 7) is 6.32. The molecule has 0 bridgehead atoms. The molecule has 0 saturated carbocycles. The Bertz CT molecular complexity index is 1110. The Balaban J connectivity index is 1.62. The van der Waals surface area contributed by atoms with Crippen molar-refractivity contribution in [1.82, 2.24) is 14.5 Å². The largest absolute Gasteiger partial charge is 0.342 e. The molecular formula is C24H27N3O2S. The summed E-state index contributed by atoms with van der Waals surface area (Å²) in [7, 11) is 0. The van der Waals surface area contributed by atoms with Gasteiger partial charge in [-0.25, -0.2) is 4.98 Å². The van der Waals surface area contributed by atoms with Gasteiger partial charge in [0.05, 0.1) is 23.2 Å². The summed E-state index contributed by atoms with van der Waals surface area (Å²) >= 11 is 1.36. The zero-order valence-electron chi connectivity index (χ0n) is 17.5. The van der Waals surface area contributed by atoms with E-state index in [1.165, 1.54) is 23.7 Å². The van der Waals surface area contributed by atoms with Crippen molar-refractivity contribution >= 4 is 28.6 Å². The van der Waals surface area contributed by atoms with Crippen molar-refractivity contribution in [1.29, 1.82) is 0 Å². The lowest BCUT2D eigenvalue weighted by Crippen LogP contribution is -2.40. The van der Waals surface area contributed by atoms with E-state index < -0.39 is 0 Å². The molecule has 1 aliphatic rings. The molecule has 1 aromatic heterocycles. The molecule has 0 spiro atoms. The molecule has 5 nitrogen and oxygen atoms in total. The van der Waals surface area contributed by atoms with Crippen molar-refractivity contribution in [2.45, 2.75) is 38.4 Å². The summed E-state index contributed by atoms with van der Waals surface area (Å²) in [5.41, 5.74) is 2.82. The second-order valence-corrected chi connectivity index (χ2v) is 9.11. The van der Waals surface area contributed by atoms with Crippen LogP contribution in [0.5, 0.6) is 0 Å². The molecule has 2 aromatic carbocycles. The Hall–Kier alpha value is -2.60. The van der Waals surface area contributed by atoms with Crippen LogP contribution in [0.25, 0.3) is 10.9 Å². The van der Waals surface area contributed by atoms with Crippen LogP contribution in [0, 0.1) is 12.8 Å². The summed E-state index contributed by atoms with van der Waals surface area (Å²) < 4.78 is 1.70. The predicted octanol–water partition coefficient (Wildman–Crippen LogP) is 4.10. The first-order chi connectivity index (χ1) is 14.5. The zero-order valence-corrected chi connectivity index (χ0v) is 18.3. The van der Waals surface area contributed by atoms with Crippen LogP contribution in [0.2, 0.25) is 0 Å². The van der Waals surface area contributed by atoms with Crippen molar-refractivity contribution in [3.8, 4) is 0 Å². The highest BCUT2D eigenvalue weighted by atomic mass is 32.2. The molecule has 4 rings (SSSR count). The standard InChI is InChI=1S/C24H27N3O2S/c1-17-9-11-19(12-10-17)15-27-23(29)20-7-3-4-8-21(20)25-24(27)30-16-22(28)26-13-5-6-18(2)14-26/h3-4,7-12,18H,5-6,13-16H2,1-2H3. The normalized spacial score (nSPS) is 16.7. The Morgan fingerprint density at radius 2 is 1.93 bits per heavy atom. The second kappa shape index (κ2) is 9.04. The number of rotatable bonds is 5. The third-order valence-electron chi connectivity index (χ3n) is 5.62. The van der Waals surface area contributed by atoms with Crippen LogP contribution in [-0.2, 0) is 11.3 Å². The number of carbonyl (C=O) groups excluding carboxylic acids is 1. The number of hydrogen-bond acceptors (Lipinski definition) is 4. The van der Waals surface area contributed by atoms with Crippen LogP contribution in [0.3, 0.4) is 0 Å². The van der Waals surface area contributed by atoms with E-state index in [1.54, 1.807) is 4.57 Å². The van der Waals surface area contributed by atoms with Gasteiger partial charge in [-0.1, -0.05) is 60.6 Å². The highest BCUT2D eigenvalue weighted by Crippen LogP contribution is 2.22. The third-order valence-corrected chi connectivity index (χ3v) is 6.58. The minimum absolute atomic E-state index is 0.0669. The lowest BCUT2D eigenvalue weighted by atomic mass is 10.0. The van der Waals surface area contributed by atoms with Crippen LogP contribution in [-0.4, -0.2) is 39.2 Å². The smallest absolute Gasteiger partial charge is 0.262 e. The first kappa shape index (κ1) is 20.7. The number of aromatic nitrogens is 2. The molecule has 1 amide bonds. The molecule has 156 valence electrons. The average molecular weight is 422 g/mol. The topological polar surface area (TPSA) is 55.2 Å². The van der Waals surface area contributed by atoms with Crippen LogP contribution in [0.4, 0.5) is 0 Å². The van der Waals surface area contributed by atoms with Gasteiger partial charge in [0.2, 0.25) is 5.91 Å². The van der Waals surface area contributed by atoms with E-state index in [0.717, 1.165) is 25.1 Å². The van der Waals surface area contributed by atoms with Gasteiger partial charge in [-0.15, -0.1) is 0 Å². The Morgan fingerprint density at radius 3 is 2.70 bits per heavy atom. The average Bonchev–Trinajstić information content (AvgIpc) is 2.75. The molecule has 2 heterocycles. The number of nitrogens with zero attached hydrogens (tertiary/aromatic N) is 3. The quantitative estimate of drug-likeness (QED) is 0.460. The SMILES string of the molecule is Cc1ccc(Cn2c(SCC(=O)N3CCCC(C)C3)nc3ccccc3c2=O)cc1. The lowest BCUT2D eigenvalue weighted by Gasteiger charge is -2.30. The molecule has 0 radical (unpaired) electrons. The molecule has 3 aromatic rings. The second-order valence-electron chi connectivity index (χ2n) is 8.16. The highest BCUT2D eigenvalue weighted by molar-refractivity contribution is 7.99. The minimum Gasteiger partial charge on any atom is -0.342 e. The number of thioether (sulfide) groups is 1. The van der Waals surface area contributed by atoms with Crippen LogP contribution in [0.1, 0.15) is 30.9 Å². The van der Waals surface area contributed by atoms with Crippen molar-refractivity contribution in [2.75, 3.05) is 18.8 Å². The first-order valence-electron chi connectivity index (χ1n) is 10.5. The maximum absolute atomic E-state index is 13.2. The fourth-order valence-corrected chi connectivity index (χ4v) is 4.81. The van der Waals surface area contributed by atoms with Gasteiger partial charge in [-0.2, -0.15) is 0 Å². The first-order valence-corrected chi connectivity index (χ1v) is 11.5. The minimum atomic E-state index is -0.0669.